The van der Waals surface area contributed by atoms with Gasteiger partial charge in [-0.2, -0.15) is 13.2 Å². The average Bonchev–Trinajstić information content (AvgIpc) is 3.37. The largest absolute Gasteiger partial charge is 0.493 e. The number of hydrogen-bond donors (Lipinski definition) is 2. The molecule has 13 heteroatoms. The summed E-state index contributed by atoms with van der Waals surface area (Å²) in [7, 11) is 2.96. The second-order valence-electron chi connectivity index (χ2n) is 8.20. The highest BCUT2D eigenvalue weighted by Crippen LogP contribution is 2.34. The van der Waals surface area contributed by atoms with Crippen molar-refractivity contribution in [3.05, 3.63) is 89.7 Å². The second kappa shape index (κ2) is 12.6. The Morgan fingerprint density at radius 2 is 1.62 bits per heavy atom. The number of para-hydroxylation sites is 2. The van der Waals surface area contributed by atoms with Crippen molar-refractivity contribution in [1.29, 1.82) is 0 Å². The lowest BCUT2D eigenvalue weighted by Crippen LogP contribution is -2.24. The van der Waals surface area contributed by atoms with Crippen LogP contribution in [0, 0.1) is 0 Å². The highest BCUT2D eigenvalue weighted by molar-refractivity contribution is 7.99. The quantitative estimate of drug-likeness (QED) is 0.259. The van der Waals surface area contributed by atoms with Crippen LogP contribution in [0.4, 0.5) is 18.9 Å². The van der Waals surface area contributed by atoms with Gasteiger partial charge in [0.1, 0.15) is 0 Å². The SMILES string of the molecule is COc1ccc(C(=O)NCc2nnc(SCC(=O)Nc3ccccc3C(F)(F)F)n2-c2ccccc2)cc1OC. The van der Waals surface area contributed by atoms with Gasteiger partial charge in [-0.05, 0) is 42.5 Å². The highest BCUT2D eigenvalue weighted by atomic mass is 32.2. The summed E-state index contributed by atoms with van der Waals surface area (Å²) in [6, 6.07) is 18.5. The van der Waals surface area contributed by atoms with Crippen molar-refractivity contribution < 1.29 is 32.2 Å². The van der Waals surface area contributed by atoms with Crippen molar-refractivity contribution in [2.75, 3.05) is 25.3 Å². The van der Waals surface area contributed by atoms with Crippen molar-refractivity contribution in [3.63, 3.8) is 0 Å². The molecule has 9 nitrogen and oxygen atoms in total. The summed E-state index contributed by atoms with van der Waals surface area (Å²) in [6.07, 6.45) is -4.61. The zero-order chi connectivity index (χ0) is 28.7. The molecule has 0 aliphatic heterocycles. The molecule has 0 aliphatic carbocycles. The Bertz CT molecular complexity index is 1500. The number of amides is 2. The maximum absolute atomic E-state index is 13.3. The van der Waals surface area contributed by atoms with Crippen LogP contribution in [0.15, 0.2) is 78.0 Å². The number of rotatable bonds is 10. The summed E-state index contributed by atoms with van der Waals surface area (Å²) < 4.78 is 52.0. The molecule has 0 radical (unpaired) electrons. The van der Waals surface area contributed by atoms with E-state index < -0.39 is 17.6 Å². The molecule has 2 amide bonds. The zero-order valence-electron chi connectivity index (χ0n) is 21.4. The Hall–Kier alpha value is -4.52. The fourth-order valence-corrected chi connectivity index (χ4v) is 4.51. The van der Waals surface area contributed by atoms with Crippen LogP contribution in [0.25, 0.3) is 5.69 Å². The summed E-state index contributed by atoms with van der Waals surface area (Å²) in [5.41, 5.74) is -0.251. The first kappa shape index (κ1) is 28.5. The van der Waals surface area contributed by atoms with Gasteiger partial charge in [-0.15, -0.1) is 10.2 Å². The number of thioether (sulfide) groups is 1. The molecule has 208 valence electrons. The Labute approximate surface area is 231 Å². The molecule has 3 aromatic carbocycles. The van der Waals surface area contributed by atoms with Gasteiger partial charge < -0.3 is 20.1 Å². The number of carbonyl (C=O) groups excluding carboxylic acids is 2. The Morgan fingerprint density at radius 1 is 0.925 bits per heavy atom. The summed E-state index contributed by atoms with van der Waals surface area (Å²) in [4.78, 5) is 25.4. The third kappa shape index (κ3) is 6.72. The maximum atomic E-state index is 13.3. The smallest absolute Gasteiger partial charge is 0.418 e. The zero-order valence-corrected chi connectivity index (χ0v) is 22.2. The molecule has 1 heterocycles. The van der Waals surface area contributed by atoms with Crippen molar-refractivity contribution in [1.82, 2.24) is 20.1 Å². The third-order valence-electron chi connectivity index (χ3n) is 5.61. The maximum Gasteiger partial charge on any atom is 0.418 e. The molecule has 0 aliphatic rings. The minimum absolute atomic E-state index is 0.000780. The van der Waals surface area contributed by atoms with Crippen LogP contribution in [0.2, 0.25) is 0 Å². The van der Waals surface area contributed by atoms with Gasteiger partial charge in [0, 0.05) is 11.3 Å². The van der Waals surface area contributed by atoms with Crippen LogP contribution >= 0.6 is 11.8 Å². The van der Waals surface area contributed by atoms with E-state index in [0.717, 1.165) is 17.8 Å². The molecule has 0 unspecified atom stereocenters. The molecule has 4 rings (SSSR count). The van der Waals surface area contributed by atoms with Crippen molar-refractivity contribution in [2.24, 2.45) is 0 Å². The van der Waals surface area contributed by atoms with Crippen LogP contribution in [0.1, 0.15) is 21.7 Å². The first-order valence-corrected chi connectivity index (χ1v) is 12.8. The van der Waals surface area contributed by atoms with Crippen LogP contribution in [0.5, 0.6) is 11.5 Å². The van der Waals surface area contributed by atoms with E-state index in [0.29, 0.717) is 33.7 Å². The number of ether oxygens (including phenoxy) is 2. The van der Waals surface area contributed by atoms with Crippen molar-refractivity contribution in [3.8, 4) is 17.2 Å². The second-order valence-corrected chi connectivity index (χ2v) is 9.14. The molecular weight excluding hydrogens is 547 g/mol. The van der Waals surface area contributed by atoms with E-state index in [2.05, 4.69) is 20.8 Å². The minimum Gasteiger partial charge on any atom is -0.493 e. The first-order chi connectivity index (χ1) is 19.2. The first-order valence-electron chi connectivity index (χ1n) is 11.8. The fourth-order valence-electron chi connectivity index (χ4n) is 3.74. The highest BCUT2D eigenvalue weighted by Gasteiger charge is 2.33. The standard InChI is InChI=1S/C27H24F3N5O4S/c1-38-21-13-12-17(14-22(21)39-2)25(37)31-15-23-33-34-26(35(23)18-8-4-3-5-9-18)40-16-24(36)32-20-11-7-6-10-19(20)27(28,29)30/h3-14H,15-16H2,1-2H3,(H,31,37)(H,32,36). The van der Waals surface area contributed by atoms with Crippen molar-refractivity contribution >= 4 is 29.3 Å². The van der Waals surface area contributed by atoms with Gasteiger partial charge in [0.2, 0.25) is 5.91 Å². The molecule has 1 aromatic heterocycles. The van der Waals surface area contributed by atoms with Crippen LogP contribution in [0.3, 0.4) is 0 Å². The van der Waals surface area contributed by atoms with Gasteiger partial charge >= 0.3 is 6.18 Å². The molecule has 0 spiro atoms. The number of nitrogens with one attached hydrogen (secondary N) is 2. The molecular formula is C27H24F3N5O4S. The van der Waals surface area contributed by atoms with E-state index in [1.165, 1.54) is 32.4 Å². The molecule has 0 saturated carbocycles. The molecule has 4 aromatic rings. The van der Waals surface area contributed by atoms with E-state index in [1.54, 1.807) is 47.0 Å². The fraction of sp³-hybridized carbons (Fsp3) is 0.185. The number of alkyl halides is 3. The minimum atomic E-state index is -4.61. The third-order valence-corrected chi connectivity index (χ3v) is 6.54. The Kier molecular flexibility index (Phi) is 8.94. The summed E-state index contributed by atoms with van der Waals surface area (Å²) in [5, 5.41) is 13.8. The number of halogens is 3. The Morgan fingerprint density at radius 3 is 2.33 bits per heavy atom. The molecule has 2 N–H and O–H groups in total. The van der Waals surface area contributed by atoms with Gasteiger partial charge in [-0.25, -0.2) is 0 Å². The number of aromatic nitrogens is 3. The predicted molar refractivity (Wildman–Crippen MR) is 143 cm³/mol. The van der Waals surface area contributed by atoms with Crippen molar-refractivity contribution in [2.45, 2.75) is 17.9 Å². The molecule has 0 atom stereocenters. The summed E-state index contributed by atoms with van der Waals surface area (Å²) in [5.74, 6) is 0.00107. The van der Waals surface area contributed by atoms with E-state index in [-0.39, 0.29) is 23.9 Å². The molecule has 0 saturated heterocycles. The topological polar surface area (TPSA) is 107 Å². The van der Waals surface area contributed by atoms with Gasteiger partial charge in [0.15, 0.2) is 22.5 Å². The summed E-state index contributed by atoms with van der Waals surface area (Å²) >= 11 is 0.996. The van der Waals surface area contributed by atoms with Crippen LogP contribution < -0.4 is 20.1 Å². The van der Waals surface area contributed by atoms with E-state index in [1.807, 2.05) is 6.07 Å². The molecule has 0 fully saturated rings. The van der Waals surface area contributed by atoms with Crippen LogP contribution in [-0.4, -0.2) is 46.6 Å². The van der Waals surface area contributed by atoms with Gasteiger partial charge in [-0.1, -0.05) is 42.1 Å². The van der Waals surface area contributed by atoms with E-state index in [4.69, 9.17) is 9.47 Å². The normalized spacial score (nSPS) is 11.1. The average molecular weight is 572 g/mol. The van der Waals surface area contributed by atoms with Gasteiger partial charge in [-0.3, -0.25) is 14.2 Å². The number of benzene rings is 3. The Balaban J connectivity index is 1.49. The lowest BCUT2D eigenvalue weighted by molar-refractivity contribution is -0.137. The lowest BCUT2D eigenvalue weighted by atomic mass is 10.1. The number of methoxy groups -OCH3 is 2. The van der Waals surface area contributed by atoms with Crippen LogP contribution in [-0.2, 0) is 17.5 Å². The number of anilines is 1. The number of hydrogen-bond acceptors (Lipinski definition) is 7. The number of carbonyl (C=O) groups is 2. The molecule has 0 bridgehead atoms. The van der Waals surface area contributed by atoms with Gasteiger partial charge in [0.05, 0.1) is 37.8 Å². The lowest BCUT2D eigenvalue weighted by Gasteiger charge is -2.14. The van der Waals surface area contributed by atoms with E-state index in [9.17, 15) is 22.8 Å². The number of nitrogens with zero attached hydrogens (tertiary/aromatic N) is 3. The summed E-state index contributed by atoms with van der Waals surface area (Å²) in [6.45, 7) is 0.000780. The molecule has 40 heavy (non-hydrogen) atoms. The van der Waals surface area contributed by atoms with Gasteiger partial charge in [0.25, 0.3) is 5.91 Å². The van der Waals surface area contributed by atoms with E-state index >= 15 is 0 Å². The monoisotopic (exact) mass is 571 g/mol. The predicted octanol–water partition coefficient (Wildman–Crippen LogP) is 4.96.